The first-order valence-electron chi connectivity index (χ1n) is 1.80. The van der Waals surface area contributed by atoms with Crippen molar-refractivity contribution in [3.63, 3.8) is 0 Å². The highest BCUT2D eigenvalue weighted by Crippen LogP contribution is 2.01. The van der Waals surface area contributed by atoms with Crippen molar-refractivity contribution in [1.29, 1.82) is 0 Å². The van der Waals surface area contributed by atoms with E-state index >= 15 is 0 Å². The lowest BCUT2D eigenvalue weighted by Gasteiger charge is -1.99. The minimum Gasteiger partial charge on any atom is -0.328 e. The molecule has 0 bridgehead atoms. The van der Waals surface area contributed by atoms with E-state index in [0.29, 0.717) is 0 Å². The van der Waals surface area contributed by atoms with Crippen molar-refractivity contribution >= 4 is 12.4 Å². The van der Waals surface area contributed by atoms with E-state index in [-0.39, 0.29) is 12.4 Å². The molecule has 0 amide bonds. The number of alkyl halides is 3. The monoisotopic (exact) mass is 149 g/mol. The maximum atomic E-state index is 11.4. The molecule has 1 atom stereocenters. The second kappa shape index (κ2) is 5.18. The zero-order chi connectivity index (χ0) is 5.86. The lowest BCUT2D eigenvalue weighted by molar-refractivity contribution is 0.0549. The van der Waals surface area contributed by atoms with Gasteiger partial charge in [0.15, 0.2) is 6.17 Å². The number of rotatable bonds is 2. The van der Waals surface area contributed by atoms with E-state index < -0.39 is 19.1 Å². The Morgan fingerprint density at radius 2 is 1.62 bits per heavy atom. The van der Waals surface area contributed by atoms with Gasteiger partial charge in [-0.2, -0.15) is 0 Å². The smallest absolute Gasteiger partial charge is 0.270 e. The molecule has 0 aliphatic heterocycles. The summed E-state index contributed by atoms with van der Waals surface area (Å²) in [4.78, 5) is 0. The summed E-state index contributed by atoms with van der Waals surface area (Å²) in [6, 6.07) is 0. The normalized spacial score (nSPS) is 13.1. The van der Waals surface area contributed by atoms with E-state index in [2.05, 4.69) is 5.73 Å². The summed E-state index contributed by atoms with van der Waals surface area (Å²) < 4.78 is 33.3. The Balaban J connectivity index is 0. The van der Waals surface area contributed by atoms with Gasteiger partial charge in [0.2, 0.25) is 0 Å². The highest BCUT2D eigenvalue weighted by Gasteiger charge is 2.15. The van der Waals surface area contributed by atoms with Gasteiger partial charge < -0.3 is 5.73 Å². The van der Waals surface area contributed by atoms with Crippen LogP contribution in [0.3, 0.4) is 0 Å². The minimum atomic E-state index is -2.93. The molecule has 5 heteroatoms. The van der Waals surface area contributed by atoms with Crippen LogP contribution < -0.4 is 5.73 Å². The third-order valence-electron chi connectivity index (χ3n) is 0.499. The molecule has 1 unspecified atom stereocenters. The van der Waals surface area contributed by atoms with Gasteiger partial charge in [-0.3, -0.25) is 0 Å². The van der Waals surface area contributed by atoms with E-state index in [4.69, 9.17) is 0 Å². The lowest BCUT2D eigenvalue weighted by Crippen LogP contribution is -2.22. The molecule has 0 heterocycles. The topological polar surface area (TPSA) is 26.0 Å². The van der Waals surface area contributed by atoms with Gasteiger partial charge in [-0.25, -0.2) is 13.2 Å². The van der Waals surface area contributed by atoms with Gasteiger partial charge in [0.1, 0.15) is 0 Å². The number of hydrogen-bond acceptors (Lipinski definition) is 1. The second-order valence-corrected chi connectivity index (χ2v) is 1.09. The van der Waals surface area contributed by atoms with Gasteiger partial charge in [-0.15, -0.1) is 12.4 Å². The Kier molecular flexibility index (Phi) is 7.08. The molecule has 0 aromatic carbocycles. The third kappa shape index (κ3) is 4.21. The zero-order valence-electron chi connectivity index (χ0n) is 3.98. The maximum Gasteiger partial charge on any atom is 0.270 e. The fourth-order valence-electron chi connectivity index (χ4n) is 0.103. The van der Waals surface area contributed by atoms with Crippen molar-refractivity contribution in [3.05, 3.63) is 0 Å². The van der Waals surface area contributed by atoms with Crippen molar-refractivity contribution in [3.8, 4) is 0 Å². The number of hydrogen-bond donors (Lipinski definition) is 1. The SMILES string of the molecule is Cl.NCC(F)C(F)F. The van der Waals surface area contributed by atoms with Crippen LogP contribution in [0.2, 0.25) is 0 Å². The number of nitrogens with two attached hydrogens (primary N) is 1. The summed E-state index contributed by atoms with van der Waals surface area (Å²) in [7, 11) is 0. The fraction of sp³-hybridized carbons (Fsp3) is 1.00. The van der Waals surface area contributed by atoms with Crippen LogP contribution in [-0.2, 0) is 0 Å². The molecule has 0 aliphatic carbocycles. The van der Waals surface area contributed by atoms with E-state index in [1.807, 2.05) is 0 Å². The summed E-state index contributed by atoms with van der Waals surface area (Å²) in [5, 5.41) is 0. The average molecular weight is 150 g/mol. The Morgan fingerprint density at radius 1 is 1.25 bits per heavy atom. The van der Waals surface area contributed by atoms with E-state index in [1.54, 1.807) is 0 Å². The molecule has 52 valence electrons. The van der Waals surface area contributed by atoms with Crippen molar-refractivity contribution in [2.75, 3.05) is 6.54 Å². The molecule has 8 heavy (non-hydrogen) atoms. The first kappa shape index (κ1) is 10.9. The molecular formula is C3H7ClF3N. The highest BCUT2D eigenvalue weighted by molar-refractivity contribution is 5.85. The van der Waals surface area contributed by atoms with Crippen LogP contribution in [0.1, 0.15) is 0 Å². The molecular weight excluding hydrogens is 142 g/mol. The standard InChI is InChI=1S/C3H6F3N.ClH/c4-2(1-7)3(5)6;/h2-3H,1,7H2;1H. The Labute approximate surface area is 51.5 Å². The van der Waals surface area contributed by atoms with Crippen molar-refractivity contribution in [2.45, 2.75) is 12.6 Å². The minimum absolute atomic E-state index is 0. The quantitative estimate of drug-likeness (QED) is 0.622. The largest absolute Gasteiger partial charge is 0.328 e. The van der Waals surface area contributed by atoms with Crippen molar-refractivity contribution in [2.24, 2.45) is 5.73 Å². The Hall–Kier alpha value is 0.0400. The zero-order valence-corrected chi connectivity index (χ0v) is 4.80. The van der Waals surface area contributed by atoms with Gasteiger partial charge >= 0.3 is 0 Å². The fourth-order valence-corrected chi connectivity index (χ4v) is 0.103. The molecule has 0 saturated carbocycles. The second-order valence-electron chi connectivity index (χ2n) is 1.09. The van der Waals surface area contributed by atoms with Crippen LogP contribution in [0.15, 0.2) is 0 Å². The van der Waals surface area contributed by atoms with Crippen LogP contribution in [0, 0.1) is 0 Å². The predicted octanol–water partition coefficient (Wildman–Crippen LogP) is 0.970. The number of halogens is 4. The molecule has 0 rings (SSSR count). The first-order valence-corrected chi connectivity index (χ1v) is 1.80. The van der Waals surface area contributed by atoms with Crippen LogP contribution in [0.25, 0.3) is 0 Å². The predicted molar refractivity (Wildman–Crippen MR) is 27.2 cm³/mol. The highest BCUT2D eigenvalue weighted by atomic mass is 35.5. The van der Waals surface area contributed by atoms with E-state index in [9.17, 15) is 13.2 Å². The van der Waals surface area contributed by atoms with Crippen LogP contribution in [0.4, 0.5) is 13.2 Å². The summed E-state index contributed by atoms with van der Waals surface area (Å²) in [5.74, 6) is 0. The van der Waals surface area contributed by atoms with Gasteiger partial charge in [0.05, 0.1) is 0 Å². The summed E-state index contributed by atoms with van der Waals surface area (Å²) in [6.45, 7) is -0.600. The van der Waals surface area contributed by atoms with Crippen LogP contribution in [-0.4, -0.2) is 19.1 Å². The molecule has 0 saturated heterocycles. The first-order chi connectivity index (χ1) is 3.18. The molecule has 0 aromatic rings. The van der Waals surface area contributed by atoms with E-state index in [1.165, 1.54) is 0 Å². The average Bonchev–Trinajstić information content (AvgIpc) is 1.65. The molecule has 0 aromatic heterocycles. The van der Waals surface area contributed by atoms with Crippen LogP contribution in [0.5, 0.6) is 0 Å². The summed E-state index contributed by atoms with van der Waals surface area (Å²) in [6.07, 6.45) is -5.08. The van der Waals surface area contributed by atoms with Crippen LogP contribution >= 0.6 is 12.4 Å². The molecule has 0 aliphatic rings. The lowest BCUT2D eigenvalue weighted by atomic mass is 10.4. The van der Waals surface area contributed by atoms with Crippen molar-refractivity contribution < 1.29 is 13.2 Å². The molecule has 0 fully saturated rings. The van der Waals surface area contributed by atoms with Gasteiger partial charge in [0.25, 0.3) is 6.43 Å². The van der Waals surface area contributed by atoms with Gasteiger partial charge in [-0.1, -0.05) is 0 Å². The third-order valence-corrected chi connectivity index (χ3v) is 0.499. The molecule has 1 nitrogen and oxygen atoms in total. The van der Waals surface area contributed by atoms with Gasteiger partial charge in [-0.05, 0) is 0 Å². The maximum absolute atomic E-state index is 11.4. The van der Waals surface area contributed by atoms with E-state index in [0.717, 1.165) is 0 Å². The Bertz CT molecular complexity index is 51.8. The van der Waals surface area contributed by atoms with Crippen molar-refractivity contribution in [1.82, 2.24) is 0 Å². The molecule has 0 radical (unpaired) electrons. The molecule has 2 N–H and O–H groups in total. The Morgan fingerprint density at radius 3 is 1.62 bits per heavy atom. The summed E-state index contributed by atoms with van der Waals surface area (Å²) in [5.41, 5.74) is 4.52. The molecule has 0 spiro atoms. The summed E-state index contributed by atoms with van der Waals surface area (Å²) >= 11 is 0. The van der Waals surface area contributed by atoms with Gasteiger partial charge in [0, 0.05) is 6.54 Å².